The molecular formula is C22H27NO3. The molecule has 3 rings (SSSR count). The molecule has 2 aromatic carbocycles. The van der Waals surface area contributed by atoms with Crippen LogP contribution in [0.15, 0.2) is 42.5 Å². The van der Waals surface area contributed by atoms with Gasteiger partial charge in [0.1, 0.15) is 11.4 Å². The first-order valence-corrected chi connectivity index (χ1v) is 9.20. The van der Waals surface area contributed by atoms with E-state index in [0.29, 0.717) is 11.5 Å². The number of hydrogen-bond acceptors (Lipinski definition) is 3. The number of hydrogen-bond donors (Lipinski definition) is 2. The number of amides is 1. The van der Waals surface area contributed by atoms with Gasteiger partial charge in [-0.15, -0.1) is 0 Å². The van der Waals surface area contributed by atoms with E-state index in [2.05, 4.69) is 50.4 Å². The maximum Gasteiger partial charge on any atom is 0.251 e. The number of carbonyl (C=O) groups excluding carboxylic acids is 1. The van der Waals surface area contributed by atoms with Gasteiger partial charge in [-0.2, -0.15) is 0 Å². The molecule has 1 aliphatic heterocycles. The number of fused-ring (bicyclic) bond motifs is 1. The van der Waals surface area contributed by atoms with Crippen molar-refractivity contribution < 1.29 is 14.6 Å². The Hall–Kier alpha value is -2.33. The van der Waals surface area contributed by atoms with E-state index < -0.39 is 0 Å². The SMILES string of the molecule is CC(C)c1ccc(C[C@]2(C)Cc3cc(C(=O)NCCO)ccc3O2)cc1. The second-order valence-corrected chi connectivity index (χ2v) is 7.60. The molecule has 0 spiro atoms. The van der Waals surface area contributed by atoms with Gasteiger partial charge in [0, 0.05) is 24.9 Å². The van der Waals surface area contributed by atoms with Crippen LogP contribution < -0.4 is 10.1 Å². The number of nitrogens with one attached hydrogen (secondary N) is 1. The standard InChI is InChI=1S/C22H27NO3/c1-15(2)17-6-4-16(5-7-17)13-22(3)14-19-12-18(8-9-20(19)26-22)21(25)23-10-11-24/h4-9,12,15,24H,10-11,13-14H2,1-3H3,(H,23,25)/t22-/m1/s1. The van der Waals surface area contributed by atoms with E-state index in [1.54, 1.807) is 6.07 Å². The summed E-state index contributed by atoms with van der Waals surface area (Å²) in [5.41, 5.74) is 3.95. The van der Waals surface area contributed by atoms with Crippen LogP contribution in [0.25, 0.3) is 0 Å². The molecule has 0 fully saturated rings. The van der Waals surface area contributed by atoms with Crippen LogP contribution >= 0.6 is 0 Å². The van der Waals surface area contributed by atoms with E-state index in [9.17, 15) is 4.79 Å². The summed E-state index contributed by atoms with van der Waals surface area (Å²) >= 11 is 0. The maximum absolute atomic E-state index is 12.1. The van der Waals surface area contributed by atoms with Gasteiger partial charge in [0.25, 0.3) is 5.91 Å². The predicted molar refractivity (Wildman–Crippen MR) is 103 cm³/mol. The largest absolute Gasteiger partial charge is 0.487 e. The normalized spacial score (nSPS) is 18.5. The first-order chi connectivity index (χ1) is 12.4. The molecule has 138 valence electrons. The lowest BCUT2D eigenvalue weighted by Crippen LogP contribution is -2.32. The molecule has 2 aromatic rings. The Morgan fingerprint density at radius 1 is 1.23 bits per heavy atom. The van der Waals surface area contributed by atoms with Crippen LogP contribution in [0.4, 0.5) is 0 Å². The summed E-state index contributed by atoms with van der Waals surface area (Å²) in [4.78, 5) is 12.1. The molecular weight excluding hydrogens is 326 g/mol. The smallest absolute Gasteiger partial charge is 0.251 e. The average Bonchev–Trinajstić information content (AvgIpc) is 2.94. The summed E-state index contributed by atoms with van der Waals surface area (Å²) in [6.07, 6.45) is 1.60. The topological polar surface area (TPSA) is 58.6 Å². The molecule has 0 unspecified atom stereocenters. The van der Waals surface area contributed by atoms with Gasteiger partial charge in [-0.3, -0.25) is 4.79 Å². The lowest BCUT2D eigenvalue weighted by molar-refractivity contribution is 0.0944. The Kier molecular flexibility index (Phi) is 5.33. The van der Waals surface area contributed by atoms with Crippen molar-refractivity contribution in [3.05, 3.63) is 64.7 Å². The fourth-order valence-electron chi connectivity index (χ4n) is 3.49. The fourth-order valence-corrected chi connectivity index (χ4v) is 3.49. The Labute approximate surface area is 155 Å². The highest BCUT2D eigenvalue weighted by molar-refractivity contribution is 5.94. The maximum atomic E-state index is 12.1. The van der Waals surface area contributed by atoms with Crippen molar-refractivity contribution in [1.82, 2.24) is 5.32 Å². The molecule has 1 amide bonds. The minimum absolute atomic E-state index is 0.0620. The van der Waals surface area contributed by atoms with Crippen molar-refractivity contribution in [2.45, 2.75) is 45.1 Å². The highest BCUT2D eigenvalue weighted by Gasteiger charge is 2.35. The molecule has 0 saturated carbocycles. The number of aliphatic hydroxyl groups is 1. The third kappa shape index (κ3) is 4.07. The van der Waals surface area contributed by atoms with Crippen molar-refractivity contribution in [2.24, 2.45) is 0 Å². The van der Waals surface area contributed by atoms with Crippen LogP contribution in [0.5, 0.6) is 5.75 Å². The van der Waals surface area contributed by atoms with Crippen molar-refractivity contribution in [3.63, 3.8) is 0 Å². The zero-order valence-corrected chi connectivity index (χ0v) is 15.7. The third-order valence-electron chi connectivity index (χ3n) is 4.87. The molecule has 4 nitrogen and oxygen atoms in total. The Bertz CT molecular complexity index is 782. The molecule has 0 aromatic heterocycles. The molecule has 1 aliphatic rings. The van der Waals surface area contributed by atoms with Gasteiger partial charge in [-0.05, 0) is 47.7 Å². The van der Waals surface area contributed by atoms with Crippen LogP contribution in [0.2, 0.25) is 0 Å². The molecule has 1 heterocycles. The first-order valence-electron chi connectivity index (χ1n) is 9.20. The Morgan fingerprint density at radius 3 is 2.62 bits per heavy atom. The fraction of sp³-hybridized carbons (Fsp3) is 0.409. The highest BCUT2D eigenvalue weighted by Crippen LogP contribution is 2.37. The second-order valence-electron chi connectivity index (χ2n) is 7.60. The van der Waals surface area contributed by atoms with Crippen molar-refractivity contribution in [3.8, 4) is 5.75 Å². The summed E-state index contributed by atoms with van der Waals surface area (Å²) in [6, 6.07) is 14.3. The number of benzene rings is 2. The molecule has 0 saturated heterocycles. The molecule has 0 radical (unpaired) electrons. The number of carbonyl (C=O) groups is 1. The van der Waals surface area contributed by atoms with E-state index in [1.165, 1.54) is 11.1 Å². The van der Waals surface area contributed by atoms with E-state index in [1.807, 2.05) is 12.1 Å². The molecule has 4 heteroatoms. The molecule has 2 N–H and O–H groups in total. The van der Waals surface area contributed by atoms with E-state index in [4.69, 9.17) is 9.84 Å². The monoisotopic (exact) mass is 353 g/mol. The summed E-state index contributed by atoms with van der Waals surface area (Å²) in [7, 11) is 0. The van der Waals surface area contributed by atoms with Gasteiger partial charge in [0.15, 0.2) is 0 Å². The lowest BCUT2D eigenvalue weighted by atomic mass is 9.90. The zero-order chi connectivity index (χ0) is 18.7. The highest BCUT2D eigenvalue weighted by atomic mass is 16.5. The van der Waals surface area contributed by atoms with Crippen LogP contribution in [0, 0.1) is 0 Å². The van der Waals surface area contributed by atoms with Gasteiger partial charge in [-0.25, -0.2) is 0 Å². The van der Waals surface area contributed by atoms with E-state index >= 15 is 0 Å². The summed E-state index contributed by atoms with van der Waals surface area (Å²) in [5.74, 6) is 1.21. The van der Waals surface area contributed by atoms with Crippen LogP contribution in [0.3, 0.4) is 0 Å². The minimum atomic E-state index is -0.304. The molecule has 0 bridgehead atoms. The van der Waals surface area contributed by atoms with E-state index in [-0.39, 0.29) is 24.7 Å². The number of rotatable bonds is 6. The minimum Gasteiger partial charge on any atom is -0.487 e. The average molecular weight is 353 g/mol. The van der Waals surface area contributed by atoms with Crippen LogP contribution in [-0.4, -0.2) is 29.8 Å². The Morgan fingerprint density at radius 2 is 1.96 bits per heavy atom. The van der Waals surface area contributed by atoms with Gasteiger partial charge < -0.3 is 15.2 Å². The van der Waals surface area contributed by atoms with Gasteiger partial charge in [-0.1, -0.05) is 38.1 Å². The number of aliphatic hydroxyl groups excluding tert-OH is 1. The van der Waals surface area contributed by atoms with Crippen LogP contribution in [0.1, 0.15) is 53.7 Å². The van der Waals surface area contributed by atoms with Crippen molar-refractivity contribution >= 4 is 5.91 Å². The molecule has 1 atom stereocenters. The van der Waals surface area contributed by atoms with Gasteiger partial charge in [0.2, 0.25) is 0 Å². The first kappa shape index (κ1) is 18.5. The molecule has 26 heavy (non-hydrogen) atoms. The lowest BCUT2D eigenvalue weighted by Gasteiger charge is -2.24. The Balaban J connectivity index is 1.71. The summed E-state index contributed by atoms with van der Waals surface area (Å²) in [6.45, 7) is 6.71. The third-order valence-corrected chi connectivity index (χ3v) is 4.87. The number of ether oxygens (including phenoxy) is 1. The van der Waals surface area contributed by atoms with E-state index in [0.717, 1.165) is 24.2 Å². The summed E-state index contributed by atoms with van der Waals surface area (Å²) < 4.78 is 6.22. The molecule has 0 aliphatic carbocycles. The quantitative estimate of drug-likeness (QED) is 0.836. The van der Waals surface area contributed by atoms with Crippen LogP contribution in [-0.2, 0) is 12.8 Å². The zero-order valence-electron chi connectivity index (χ0n) is 15.7. The van der Waals surface area contributed by atoms with Gasteiger partial charge in [0.05, 0.1) is 6.61 Å². The second kappa shape index (κ2) is 7.50. The van der Waals surface area contributed by atoms with Crippen molar-refractivity contribution in [1.29, 1.82) is 0 Å². The van der Waals surface area contributed by atoms with Gasteiger partial charge >= 0.3 is 0 Å². The summed E-state index contributed by atoms with van der Waals surface area (Å²) in [5, 5.41) is 11.5. The predicted octanol–water partition coefficient (Wildman–Crippen LogP) is 3.47. The van der Waals surface area contributed by atoms with Crippen molar-refractivity contribution in [2.75, 3.05) is 13.2 Å².